The van der Waals surface area contributed by atoms with Gasteiger partial charge in [0.15, 0.2) is 17.5 Å². The second-order valence-electron chi connectivity index (χ2n) is 16.3. The number of hydrogen-bond acceptors (Lipinski definition) is 3. The molecule has 1 saturated carbocycles. The molecule has 1 spiro atoms. The van der Waals surface area contributed by atoms with Gasteiger partial charge in [0, 0.05) is 22.1 Å². The first-order chi connectivity index (χ1) is 29.7. The minimum absolute atomic E-state index is 0.155. The smallest absolute Gasteiger partial charge is 0.164 e. The average molecular weight is 770 g/mol. The quantitative estimate of drug-likeness (QED) is 0.162. The molecule has 0 N–H and O–H groups in total. The summed E-state index contributed by atoms with van der Waals surface area (Å²) in [6.07, 6.45) is 6.43. The van der Waals surface area contributed by atoms with Crippen molar-refractivity contribution < 1.29 is 0 Å². The van der Waals surface area contributed by atoms with Crippen molar-refractivity contribution in [2.75, 3.05) is 0 Å². The summed E-state index contributed by atoms with van der Waals surface area (Å²) in [5, 5.41) is 0. The molecule has 2 aliphatic rings. The first-order valence-corrected chi connectivity index (χ1v) is 21.2. The molecule has 0 saturated heterocycles. The molecule has 0 aliphatic heterocycles. The molecule has 8 aromatic carbocycles. The van der Waals surface area contributed by atoms with Crippen LogP contribution in [0.5, 0.6) is 0 Å². The molecule has 286 valence electrons. The van der Waals surface area contributed by atoms with E-state index in [9.17, 15) is 0 Å². The van der Waals surface area contributed by atoms with Crippen LogP contribution in [0.3, 0.4) is 0 Å². The zero-order chi connectivity index (χ0) is 39.9. The highest BCUT2D eigenvalue weighted by Gasteiger charge is 2.43. The van der Waals surface area contributed by atoms with E-state index in [1.165, 1.54) is 76.6 Å². The van der Waals surface area contributed by atoms with Crippen LogP contribution in [0.4, 0.5) is 0 Å². The Morgan fingerprint density at radius 1 is 0.267 bits per heavy atom. The molecule has 0 unspecified atom stereocenters. The van der Waals surface area contributed by atoms with Gasteiger partial charge >= 0.3 is 0 Å². The van der Waals surface area contributed by atoms with E-state index in [1.807, 2.05) is 24.3 Å². The van der Waals surface area contributed by atoms with Gasteiger partial charge in [0.1, 0.15) is 0 Å². The fourth-order valence-electron chi connectivity index (χ4n) is 9.72. The molecule has 1 heterocycles. The van der Waals surface area contributed by atoms with Gasteiger partial charge in [0.05, 0.1) is 0 Å². The Kier molecular flexibility index (Phi) is 9.08. The van der Waals surface area contributed by atoms with Gasteiger partial charge in [-0.15, -0.1) is 0 Å². The fraction of sp³-hybridized carbons (Fsp3) is 0.105. The number of fused-ring (bicyclic) bond motifs is 5. The van der Waals surface area contributed by atoms with Crippen LogP contribution in [0, 0.1) is 0 Å². The average Bonchev–Trinajstić information content (AvgIpc) is 3.60. The first kappa shape index (κ1) is 35.9. The Labute approximate surface area is 352 Å². The summed E-state index contributed by atoms with van der Waals surface area (Å²) in [6, 6.07) is 71.9. The Morgan fingerprint density at radius 2 is 0.650 bits per heavy atom. The van der Waals surface area contributed by atoms with Crippen LogP contribution >= 0.6 is 0 Å². The number of rotatable bonds is 7. The van der Waals surface area contributed by atoms with Crippen molar-refractivity contribution in [1.29, 1.82) is 0 Å². The first-order valence-electron chi connectivity index (χ1n) is 21.2. The van der Waals surface area contributed by atoms with Crippen LogP contribution in [-0.4, -0.2) is 15.0 Å². The minimum atomic E-state index is 0.155. The minimum Gasteiger partial charge on any atom is -0.208 e. The van der Waals surface area contributed by atoms with Crippen LogP contribution in [0.25, 0.3) is 89.8 Å². The summed E-state index contributed by atoms with van der Waals surface area (Å²) in [4.78, 5) is 15.2. The van der Waals surface area contributed by atoms with Crippen molar-refractivity contribution in [2.24, 2.45) is 0 Å². The summed E-state index contributed by atoms with van der Waals surface area (Å²) in [7, 11) is 0. The molecule has 3 nitrogen and oxygen atoms in total. The lowest BCUT2D eigenvalue weighted by Gasteiger charge is -2.36. The summed E-state index contributed by atoms with van der Waals surface area (Å²) < 4.78 is 0. The van der Waals surface area contributed by atoms with Gasteiger partial charge < -0.3 is 0 Å². The van der Waals surface area contributed by atoms with E-state index in [0.29, 0.717) is 17.5 Å². The maximum Gasteiger partial charge on any atom is 0.164 e. The van der Waals surface area contributed by atoms with Crippen LogP contribution in [0.2, 0.25) is 0 Å². The third kappa shape index (κ3) is 6.53. The Bertz CT molecular complexity index is 3000. The van der Waals surface area contributed by atoms with Crippen LogP contribution in [0.1, 0.15) is 43.2 Å². The second-order valence-corrected chi connectivity index (χ2v) is 16.3. The molecule has 0 atom stereocenters. The summed E-state index contributed by atoms with van der Waals surface area (Å²) in [5.41, 5.74) is 18.4. The molecule has 0 amide bonds. The molecule has 0 radical (unpaired) electrons. The van der Waals surface area contributed by atoms with Gasteiger partial charge in [-0.2, -0.15) is 0 Å². The monoisotopic (exact) mass is 769 g/mol. The van der Waals surface area contributed by atoms with E-state index < -0.39 is 0 Å². The summed E-state index contributed by atoms with van der Waals surface area (Å²) in [5.74, 6) is 1.93. The van der Waals surface area contributed by atoms with Crippen molar-refractivity contribution >= 4 is 0 Å². The topological polar surface area (TPSA) is 38.7 Å². The summed E-state index contributed by atoms with van der Waals surface area (Å²) >= 11 is 0. The third-order valence-electron chi connectivity index (χ3n) is 12.7. The van der Waals surface area contributed by atoms with Gasteiger partial charge in [0.2, 0.25) is 0 Å². The van der Waals surface area contributed by atoms with Crippen molar-refractivity contribution in [1.82, 2.24) is 15.0 Å². The zero-order valence-corrected chi connectivity index (χ0v) is 33.4. The molecule has 2 aliphatic carbocycles. The summed E-state index contributed by atoms with van der Waals surface area (Å²) in [6.45, 7) is 0. The van der Waals surface area contributed by atoms with Crippen molar-refractivity contribution in [3.63, 3.8) is 0 Å². The third-order valence-corrected chi connectivity index (χ3v) is 12.7. The van der Waals surface area contributed by atoms with E-state index in [0.717, 1.165) is 38.9 Å². The molecule has 60 heavy (non-hydrogen) atoms. The van der Waals surface area contributed by atoms with E-state index in [4.69, 9.17) is 15.0 Å². The van der Waals surface area contributed by atoms with Crippen LogP contribution in [-0.2, 0) is 5.41 Å². The number of benzene rings is 8. The number of nitrogens with zero attached hydrogens (tertiary/aromatic N) is 3. The fourth-order valence-corrected chi connectivity index (χ4v) is 9.72. The Morgan fingerprint density at radius 3 is 1.23 bits per heavy atom. The van der Waals surface area contributed by atoms with Gasteiger partial charge in [-0.3, -0.25) is 0 Å². The van der Waals surface area contributed by atoms with Gasteiger partial charge in [-0.05, 0) is 104 Å². The highest BCUT2D eigenvalue weighted by Crippen LogP contribution is 2.56. The lowest BCUT2D eigenvalue weighted by atomic mass is 9.67. The van der Waals surface area contributed by atoms with Crippen LogP contribution < -0.4 is 0 Å². The molecule has 3 heteroatoms. The normalized spacial score (nSPS) is 13.8. The van der Waals surface area contributed by atoms with Crippen LogP contribution in [0.15, 0.2) is 200 Å². The van der Waals surface area contributed by atoms with E-state index in [1.54, 1.807) is 0 Å². The molecule has 11 rings (SSSR count). The zero-order valence-electron chi connectivity index (χ0n) is 33.4. The van der Waals surface area contributed by atoms with Gasteiger partial charge in [-0.25, -0.2) is 15.0 Å². The van der Waals surface area contributed by atoms with Crippen molar-refractivity contribution in [3.8, 4) is 89.8 Å². The van der Waals surface area contributed by atoms with E-state index >= 15 is 0 Å². The Balaban J connectivity index is 0.906. The predicted molar refractivity (Wildman–Crippen MR) is 247 cm³/mol. The largest absolute Gasteiger partial charge is 0.208 e. The maximum absolute atomic E-state index is 5.10. The molecule has 1 aromatic heterocycles. The molecular formula is C57H43N3. The highest BCUT2D eigenvalue weighted by atomic mass is 15.0. The molecule has 9 aromatic rings. The Hall–Kier alpha value is -7.23. The molecule has 1 fully saturated rings. The van der Waals surface area contributed by atoms with Gasteiger partial charge in [-0.1, -0.05) is 195 Å². The predicted octanol–water partition coefficient (Wildman–Crippen LogP) is 14.8. The van der Waals surface area contributed by atoms with E-state index in [-0.39, 0.29) is 5.41 Å². The van der Waals surface area contributed by atoms with E-state index in [2.05, 4.69) is 176 Å². The molecular weight excluding hydrogens is 727 g/mol. The lowest BCUT2D eigenvalue weighted by Crippen LogP contribution is -2.28. The highest BCUT2D eigenvalue weighted by molar-refractivity contribution is 5.85. The molecule has 0 bridgehead atoms. The lowest BCUT2D eigenvalue weighted by molar-refractivity contribution is 0.353. The van der Waals surface area contributed by atoms with Gasteiger partial charge in [0.25, 0.3) is 0 Å². The second kappa shape index (κ2) is 15.2. The SMILES string of the molecule is c1ccc(-c2cccc(-c3nc(-c4ccccc4)nc(-c4cccc(-c5cccc(-c6ccc(-c7ccc8c(c7)C7(CCCCC7)c7ccccc7-8)cc6)c5)c4)n3)c2)cc1. The van der Waals surface area contributed by atoms with Crippen molar-refractivity contribution in [2.45, 2.75) is 37.5 Å². The number of aromatic nitrogens is 3. The van der Waals surface area contributed by atoms with Crippen molar-refractivity contribution in [3.05, 3.63) is 211 Å². The maximum atomic E-state index is 5.10. The standard InChI is InChI=1S/C57H43N3/c1-4-15-39(16-5-1)44-20-13-23-48(36-44)55-58-54(42-17-6-2-7-18-42)59-56(60-55)49-24-14-22-46(37-49)45-21-12-19-43(35-45)40-27-29-41(30-28-40)47-31-32-51-50-25-8-9-26-52(50)57(53(51)38-47)33-10-3-11-34-57/h1-2,4-9,12-32,35-38H,3,10-11,33-34H2. The number of hydrogen-bond donors (Lipinski definition) is 0.